The Labute approximate surface area is 373 Å². The summed E-state index contributed by atoms with van der Waals surface area (Å²) in [5, 5.41) is 7.46. The van der Waals surface area contributed by atoms with Gasteiger partial charge in [-0.3, -0.25) is 0 Å². The summed E-state index contributed by atoms with van der Waals surface area (Å²) < 4.78 is 2.39. The lowest BCUT2D eigenvalue weighted by Gasteiger charge is -2.28. The molecule has 2 nitrogen and oxygen atoms in total. The molecule has 0 fully saturated rings. The fourth-order valence-electron chi connectivity index (χ4n) is 9.84. The molecular formula is C62H42N2. The summed E-state index contributed by atoms with van der Waals surface area (Å²) in [4.78, 5) is 2.43. The molecule has 1 heterocycles. The average molecular weight is 815 g/mol. The van der Waals surface area contributed by atoms with Crippen molar-refractivity contribution in [2.45, 2.75) is 0 Å². The van der Waals surface area contributed by atoms with Crippen LogP contribution in [0.25, 0.3) is 93.5 Å². The monoisotopic (exact) mass is 814 g/mol. The second-order valence-electron chi connectivity index (χ2n) is 16.5. The van der Waals surface area contributed by atoms with Gasteiger partial charge in [0.1, 0.15) is 0 Å². The standard InChI is InChI=1S/C62H42N2/c1-3-17-43(18-4-1)52-25-9-10-26-54(52)45-35-37-50(38-36-45)63(51-39-40-55-48(42-51)34-33-44-19-7-8-24-53(44)55)59-30-13-11-27-56(59)46-20-15-21-47(41-46)57-29-16-32-61-62(57)58-28-12-14-31-60(58)64(61)49-22-5-2-6-23-49/h1-42H. The lowest BCUT2D eigenvalue weighted by Crippen LogP contribution is -2.11. The van der Waals surface area contributed by atoms with Crippen molar-refractivity contribution in [3.8, 4) is 50.2 Å². The topological polar surface area (TPSA) is 8.17 Å². The number of anilines is 3. The van der Waals surface area contributed by atoms with Crippen molar-refractivity contribution in [2.75, 3.05) is 4.90 Å². The summed E-state index contributed by atoms with van der Waals surface area (Å²) >= 11 is 0. The van der Waals surface area contributed by atoms with Crippen molar-refractivity contribution in [1.82, 2.24) is 4.57 Å². The highest BCUT2D eigenvalue weighted by molar-refractivity contribution is 6.16. The van der Waals surface area contributed by atoms with E-state index in [2.05, 4.69) is 264 Å². The molecule has 0 saturated heterocycles. The lowest BCUT2D eigenvalue weighted by atomic mass is 9.94. The first kappa shape index (κ1) is 37.3. The van der Waals surface area contributed by atoms with Gasteiger partial charge in [-0.2, -0.15) is 0 Å². The zero-order valence-electron chi connectivity index (χ0n) is 35.1. The molecule has 64 heavy (non-hydrogen) atoms. The van der Waals surface area contributed by atoms with Crippen molar-refractivity contribution in [1.29, 1.82) is 0 Å². The molecule has 12 rings (SSSR count). The minimum absolute atomic E-state index is 1.09. The molecule has 12 aromatic rings. The van der Waals surface area contributed by atoms with Crippen LogP contribution in [0.15, 0.2) is 255 Å². The van der Waals surface area contributed by atoms with E-state index in [1.807, 2.05) is 0 Å². The van der Waals surface area contributed by atoms with E-state index in [4.69, 9.17) is 0 Å². The van der Waals surface area contributed by atoms with Crippen LogP contribution in [-0.2, 0) is 0 Å². The molecule has 0 aliphatic rings. The number of fused-ring (bicyclic) bond motifs is 6. The van der Waals surface area contributed by atoms with Gasteiger partial charge in [0.15, 0.2) is 0 Å². The Morgan fingerprint density at radius 2 is 0.812 bits per heavy atom. The van der Waals surface area contributed by atoms with E-state index in [0.29, 0.717) is 0 Å². The molecule has 0 atom stereocenters. The summed E-state index contributed by atoms with van der Waals surface area (Å²) in [6.07, 6.45) is 0. The van der Waals surface area contributed by atoms with Crippen LogP contribution in [-0.4, -0.2) is 4.57 Å². The van der Waals surface area contributed by atoms with Crippen LogP contribution < -0.4 is 4.90 Å². The SMILES string of the molecule is c1ccc(-c2ccccc2-c2ccc(N(c3ccc4c(ccc5ccccc54)c3)c3ccccc3-c3cccc(-c4cccc5c4c4ccccc4n5-c4ccccc4)c3)cc2)cc1. The number of rotatable bonds is 8. The molecule has 0 aliphatic heterocycles. The van der Waals surface area contributed by atoms with Gasteiger partial charge >= 0.3 is 0 Å². The number of para-hydroxylation sites is 3. The maximum atomic E-state index is 2.43. The Morgan fingerprint density at radius 1 is 0.281 bits per heavy atom. The Morgan fingerprint density at radius 3 is 1.61 bits per heavy atom. The van der Waals surface area contributed by atoms with Crippen LogP contribution in [0.4, 0.5) is 17.1 Å². The van der Waals surface area contributed by atoms with Crippen LogP contribution >= 0.6 is 0 Å². The molecule has 0 spiro atoms. The molecule has 1 aromatic heterocycles. The first-order valence-electron chi connectivity index (χ1n) is 22.0. The van der Waals surface area contributed by atoms with Gasteiger partial charge in [0.05, 0.1) is 16.7 Å². The summed E-state index contributed by atoms with van der Waals surface area (Å²) in [5.41, 5.74) is 16.4. The van der Waals surface area contributed by atoms with E-state index in [1.165, 1.54) is 76.7 Å². The highest BCUT2D eigenvalue weighted by atomic mass is 15.1. The molecule has 0 bridgehead atoms. The van der Waals surface area contributed by atoms with Crippen molar-refractivity contribution < 1.29 is 0 Å². The van der Waals surface area contributed by atoms with Crippen molar-refractivity contribution in [2.24, 2.45) is 0 Å². The van der Waals surface area contributed by atoms with Gasteiger partial charge in [0.2, 0.25) is 0 Å². The predicted octanol–water partition coefficient (Wildman–Crippen LogP) is 17.2. The van der Waals surface area contributed by atoms with Crippen LogP contribution in [0.3, 0.4) is 0 Å². The molecule has 300 valence electrons. The van der Waals surface area contributed by atoms with Crippen LogP contribution in [0.1, 0.15) is 0 Å². The van der Waals surface area contributed by atoms with Gasteiger partial charge < -0.3 is 9.47 Å². The van der Waals surface area contributed by atoms with Crippen molar-refractivity contribution in [3.63, 3.8) is 0 Å². The summed E-state index contributed by atoms with van der Waals surface area (Å²) in [6, 6.07) is 92.7. The van der Waals surface area contributed by atoms with Gasteiger partial charge in [-0.05, 0) is 121 Å². The van der Waals surface area contributed by atoms with Crippen molar-refractivity contribution in [3.05, 3.63) is 255 Å². The lowest BCUT2D eigenvalue weighted by molar-refractivity contribution is 1.18. The van der Waals surface area contributed by atoms with Crippen LogP contribution in [0.2, 0.25) is 0 Å². The number of benzene rings is 11. The Balaban J connectivity index is 1.02. The molecule has 0 N–H and O–H groups in total. The molecular weight excluding hydrogens is 773 g/mol. The van der Waals surface area contributed by atoms with E-state index in [-0.39, 0.29) is 0 Å². The first-order chi connectivity index (χ1) is 31.8. The van der Waals surface area contributed by atoms with Gasteiger partial charge in [-0.1, -0.05) is 194 Å². The first-order valence-corrected chi connectivity index (χ1v) is 22.0. The van der Waals surface area contributed by atoms with Gasteiger partial charge in [0, 0.05) is 33.4 Å². The molecule has 0 radical (unpaired) electrons. The number of hydrogen-bond donors (Lipinski definition) is 0. The number of hydrogen-bond acceptors (Lipinski definition) is 1. The molecule has 0 amide bonds. The Bertz CT molecular complexity index is 3660. The second kappa shape index (κ2) is 15.8. The van der Waals surface area contributed by atoms with Crippen LogP contribution in [0, 0.1) is 0 Å². The van der Waals surface area contributed by atoms with E-state index in [1.54, 1.807) is 0 Å². The minimum atomic E-state index is 1.09. The smallest absolute Gasteiger partial charge is 0.0547 e. The molecule has 11 aromatic carbocycles. The second-order valence-corrected chi connectivity index (χ2v) is 16.5. The fourth-order valence-corrected chi connectivity index (χ4v) is 9.84. The van der Waals surface area contributed by atoms with Gasteiger partial charge in [-0.25, -0.2) is 0 Å². The average Bonchev–Trinajstić information content (AvgIpc) is 3.72. The predicted molar refractivity (Wildman–Crippen MR) is 272 cm³/mol. The quantitative estimate of drug-likeness (QED) is 0.139. The fraction of sp³-hybridized carbons (Fsp3) is 0. The molecule has 0 aliphatic carbocycles. The van der Waals surface area contributed by atoms with Gasteiger partial charge in [-0.15, -0.1) is 0 Å². The van der Waals surface area contributed by atoms with E-state index < -0.39 is 0 Å². The van der Waals surface area contributed by atoms with Crippen LogP contribution in [0.5, 0.6) is 0 Å². The summed E-state index contributed by atoms with van der Waals surface area (Å²) in [6.45, 7) is 0. The third-order valence-electron chi connectivity index (χ3n) is 12.8. The molecule has 0 unspecified atom stereocenters. The highest BCUT2D eigenvalue weighted by Crippen LogP contribution is 2.45. The third kappa shape index (κ3) is 6.44. The van der Waals surface area contributed by atoms with Gasteiger partial charge in [0.25, 0.3) is 0 Å². The Hall–Kier alpha value is -8.46. The zero-order valence-corrected chi connectivity index (χ0v) is 35.1. The van der Waals surface area contributed by atoms with E-state index in [0.717, 1.165) is 33.9 Å². The summed E-state index contributed by atoms with van der Waals surface area (Å²) in [7, 11) is 0. The third-order valence-corrected chi connectivity index (χ3v) is 12.8. The minimum Gasteiger partial charge on any atom is -0.310 e. The normalized spacial score (nSPS) is 11.4. The highest BCUT2D eigenvalue weighted by Gasteiger charge is 2.20. The van der Waals surface area contributed by atoms with Crippen molar-refractivity contribution >= 4 is 60.4 Å². The largest absolute Gasteiger partial charge is 0.310 e. The Kier molecular flexibility index (Phi) is 9.20. The maximum absolute atomic E-state index is 2.43. The molecule has 2 heteroatoms. The van der Waals surface area contributed by atoms with E-state index >= 15 is 0 Å². The zero-order chi connectivity index (χ0) is 42.4. The molecule has 0 saturated carbocycles. The number of nitrogens with zero attached hydrogens (tertiary/aromatic N) is 2. The summed E-state index contributed by atoms with van der Waals surface area (Å²) in [5.74, 6) is 0. The van der Waals surface area contributed by atoms with E-state index in [9.17, 15) is 0 Å². The number of aromatic nitrogens is 1. The maximum Gasteiger partial charge on any atom is 0.0547 e.